The van der Waals surface area contributed by atoms with Crippen molar-refractivity contribution in [3.63, 3.8) is 0 Å². The lowest BCUT2D eigenvalue weighted by Crippen LogP contribution is -2.40. The Morgan fingerprint density at radius 3 is 3.00 bits per heavy atom. The van der Waals surface area contributed by atoms with Crippen molar-refractivity contribution >= 4 is 5.57 Å². The third-order valence-corrected chi connectivity index (χ3v) is 3.84. The Morgan fingerprint density at radius 1 is 1.25 bits per heavy atom. The maximum atomic E-state index is 4.63. The Hall–Kier alpha value is -1.15. The highest BCUT2D eigenvalue weighted by molar-refractivity contribution is 5.54. The number of likely N-dealkylation sites (tertiary alicyclic amines) is 1. The van der Waals surface area contributed by atoms with Gasteiger partial charge in [-0.05, 0) is 38.1 Å². The van der Waals surface area contributed by atoms with E-state index in [2.05, 4.69) is 41.2 Å². The van der Waals surface area contributed by atoms with Crippen LogP contribution in [-0.4, -0.2) is 31.1 Å². The van der Waals surface area contributed by atoms with Gasteiger partial charge in [-0.1, -0.05) is 24.6 Å². The van der Waals surface area contributed by atoms with Gasteiger partial charge in [0.15, 0.2) is 0 Å². The van der Waals surface area contributed by atoms with Crippen LogP contribution in [0, 0.1) is 0 Å². The molecular formula is C14H18N2. The number of rotatable bonds is 1. The molecule has 0 N–H and O–H groups in total. The first kappa shape index (κ1) is 10.0. The third-order valence-electron chi connectivity index (χ3n) is 3.84. The molecule has 2 nitrogen and oxygen atoms in total. The van der Waals surface area contributed by atoms with Crippen LogP contribution in [0.25, 0.3) is 5.57 Å². The molecule has 2 heterocycles. The van der Waals surface area contributed by atoms with Crippen molar-refractivity contribution in [2.45, 2.75) is 25.3 Å². The van der Waals surface area contributed by atoms with Gasteiger partial charge in [0.2, 0.25) is 0 Å². The molecular weight excluding hydrogens is 196 g/mol. The molecule has 2 heteroatoms. The molecule has 0 unspecified atom stereocenters. The normalized spacial score (nSPS) is 25.3. The zero-order valence-corrected chi connectivity index (χ0v) is 9.82. The van der Waals surface area contributed by atoms with Gasteiger partial charge in [0.1, 0.15) is 0 Å². The maximum absolute atomic E-state index is 4.63. The van der Waals surface area contributed by atoms with E-state index in [9.17, 15) is 0 Å². The minimum Gasteiger partial charge on any atom is -0.300 e. The van der Waals surface area contributed by atoms with Gasteiger partial charge in [-0.15, -0.1) is 0 Å². The van der Waals surface area contributed by atoms with Crippen molar-refractivity contribution in [2.24, 2.45) is 4.99 Å². The first-order chi connectivity index (χ1) is 7.86. The molecule has 0 saturated carbocycles. The number of hydrogen-bond donors (Lipinski definition) is 0. The summed E-state index contributed by atoms with van der Waals surface area (Å²) in [4.78, 5) is 7.12. The monoisotopic (exact) mass is 214 g/mol. The number of benzene rings is 1. The molecule has 0 bridgehead atoms. The summed E-state index contributed by atoms with van der Waals surface area (Å²) < 4.78 is 0. The Labute approximate surface area is 96.3 Å². The summed E-state index contributed by atoms with van der Waals surface area (Å²) in [5.41, 5.74) is 1.54. The number of piperidine rings is 1. The predicted molar refractivity (Wildman–Crippen MR) is 65.8 cm³/mol. The summed E-state index contributed by atoms with van der Waals surface area (Å²) in [7, 11) is 2.25. The molecule has 1 aromatic carbocycles. The summed E-state index contributed by atoms with van der Waals surface area (Å²) in [6.07, 6.45) is 4.01. The lowest BCUT2D eigenvalue weighted by Gasteiger charge is -2.33. The molecule has 1 fully saturated rings. The van der Waals surface area contributed by atoms with Crippen LogP contribution in [0.4, 0.5) is 0 Å². The molecule has 0 amide bonds. The molecule has 1 saturated heterocycles. The number of para-hydroxylation sites is 1. The standard InChI is InChI=1S/C14H18N2/c1-16-9-5-4-8-14(16)12-10-15-13-7-3-2-6-11(12)13/h2-3,6-7,14H,4-5,8-10H2,1H3/t14-/m0/s1. The van der Waals surface area contributed by atoms with E-state index in [1.54, 1.807) is 0 Å². The van der Waals surface area contributed by atoms with Gasteiger partial charge in [0.25, 0.3) is 0 Å². The van der Waals surface area contributed by atoms with Crippen LogP contribution in [0.1, 0.15) is 19.3 Å². The Bertz CT molecular complexity index is 504. The maximum Gasteiger partial charge on any atom is 0.0651 e. The molecule has 0 aromatic heterocycles. The van der Waals surface area contributed by atoms with Crippen molar-refractivity contribution < 1.29 is 0 Å². The lowest BCUT2D eigenvalue weighted by molar-refractivity contribution is 0.227. The van der Waals surface area contributed by atoms with E-state index in [0.29, 0.717) is 6.04 Å². The molecule has 16 heavy (non-hydrogen) atoms. The van der Waals surface area contributed by atoms with Crippen LogP contribution in [-0.2, 0) is 0 Å². The van der Waals surface area contributed by atoms with Gasteiger partial charge in [-0.2, -0.15) is 0 Å². The van der Waals surface area contributed by atoms with Crippen LogP contribution in [0.3, 0.4) is 0 Å². The summed E-state index contributed by atoms with van der Waals surface area (Å²) in [6.45, 7) is 2.14. The van der Waals surface area contributed by atoms with E-state index in [0.717, 1.165) is 6.54 Å². The SMILES string of the molecule is CN1CCCC[C@H]1C1=c2ccccc2=NC1. The minimum absolute atomic E-state index is 0.626. The van der Waals surface area contributed by atoms with Gasteiger partial charge in [0, 0.05) is 11.3 Å². The van der Waals surface area contributed by atoms with Gasteiger partial charge < -0.3 is 0 Å². The smallest absolute Gasteiger partial charge is 0.0651 e. The van der Waals surface area contributed by atoms with E-state index in [1.807, 2.05) is 0 Å². The molecule has 1 aromatic rings. The van der Waals surface area contributed by atoms with Gasteiger partial charge in [0.05, 0.1) is 11.9 Å². The van der Waals surface area contributed by atoms with Crippen molar-refractivity contribution in [1.82, 2.24) is 4.90 Å². The average Bonchev–Trinajstić information content (AvgIpc) is 2.74. The van der Waals surface area contributed by atoms with E-state index in [-0.39, 0.29) is 0 Å². The molecule has 0 spiro atoms. The van der Waals surface area contributed by atoms with Crippen molar-refractivity contribution in [3.8, 4) is 0 Å². The van der Waals surface area contributed by atoms with Crippen LogP contribution >= 0.6 is 0 Å². The third kappa shape index (κ3) is 1.57. The van der Waals surface area contributed by atoms with Crippen molar-refractivity contribution in [2.75, 3.05) is 20.1 Å². The van der Waals surface area contributed by atoms with Gasteiger partial charge in [-0.3, -0.25) is 9.89 Å². The Balaban J connectivity index is 2.06. The molecule has 1 atom stereocenters. The molecule has 2 aliphatic rings. The largest absolute Gasteiger partial charge is 0.300 e. The zero-order valence-electron chi connectivity index (χ0n) is 9.82. The molecule has 0 aliphatic carbocycles. The quantitative estimate of drug-likeness (QED) is 0.680. The molecule has 0 radical (unpaired) electrons. The summed E-state index contributed by atoms with van der Waals surface area (Å²) in [5.74, 6) is 0. The topological polar surface area (TPSA) is 15.6 Å². The second kappa shape index (κ2) is 4.02. The van der Waals surface area contributed by atoms with Crippen LogP contribution in [0.2, 0.25) is 0 Å². The van der Waals surface area contributed by atoms with Crippen LogP contribution in [0.5, 0.6) is 0 Å². The fourth-order valence-corrected chi connectivity index (χ4v) is 2.94. The van der Waals surface area contributed by atoms with Crippen LogP contribution in [0.15, 0.2) is 29.3 Å². The van der Waals surface area contributed by atoms with Gasteiger partial charge in [-0.25, -0.2) is 0 Å². The highest BCUT2D eigenvalue weighted by Crippen LogP contribution is 2.22. The van der Waals surface area contributed by atoms with E-state index < -0.39 is 0 Å². The second-order valence-electron chi connectivity index (χ2n) is 4.85. The summed E-state index contributed by atoms with van der Waals surface area (Å²) in [6, 6.07) is 9.19. The minimum atomic E-state index is 0.626. The lowest BCUT2D eigenvalue weighted by atomic mass is 9.95. The highest BCUT2D eigenvalue weighted by Gasteiger charge is 2.24. The Morgan fingerprint density at radius 2 is 2.12 bits per heavy atom. The molecule has 84 valence electrons. The number of hydrogen-bond acceptors (Lipinski definition) is 2. The average molecular weight is 214 g/mol. The second-order valence-corrected chi connectivity index (χ2v) is 4.85. The highest BCUT2D eigenvalue weighted by atomic mass is 15.1. The number of fused-ring (bicyclic) bond motifs is 1. The Kier molecular flexibility index (Phi) is 2.52. The first-order valence-corrected chi connectivity index (χ1v) is 6.19. The van der Waals surface area contributed by atoms with Crippen molar-refractivity contribution in [3.05, 3.63) is 34.8 Å². The zero-order chi connectivity index (χ0) is 11.0. The first-order valence-electron chi connectivity index (χ1n) is 6.19. The predicted octanol–water partition coefficient (Wildman–Crippen LogP) is 0.955. The van der Waals surface area contributed by atoms with E-state index in [1.165, 1.54) is 42.0 Å². The van der Waals surface area contributed by atoms with Crippen LogP contribution < -0.4 is 10.6 Å². The fourth-order valence-electron chi connectivity index (χ4n) is 2.94. The molecule has 2 aliphatic heterocycles. The van der Waals surface area contributed by atoms with Crippen molar-refractivity contribution in [1.29, 1.82) is 0 Å². The van der Waals surface area contributed by atoms with Gasteiger partial charge >= 0.3 is 0 Å². The summed E-state index contributed by atoms with van der Waals surface area (Å²) in [5, 5.41) is 2.58. The molecule has 3 rings (SSSR count). The number of nitrogens with zero attached hydrogens (tertiary/aromatic N) is 2. The fraction of sp³-hybridized carbons (Fsp3) is 0.500. The van der Waals surface area contributed by atoms with E-state index >= 15 is 0 Å². The summed E-state index contributed by atoms with van der Waals surface area (Å²) >= 11 is 0. The van der Waals surface area contributed by atoms with E-state index in [4.69, 9.17) is 0 Å².